The summed E-state index contributed by atoms with van der Waals surface area (Å²) in [6.45, 7) is 0. The van der Waals surface area contributed by atoms with Crippen molar-refractivity contribution >= 4 is 28.8 Å². The molecule has 0 amide bonds. The number of nitrogens with one attached hydrogen (secondary N) is 1. The number of carbonyl (C=O) groups is 3. The molecular formula is C15H14F6N2O6. The molecule has 8 nitrogen and oxygen atoms in total. The number of para-hydroxylation sites is 1. The molecule has 0 saturated carbocycles. The van der Waals surface area contributed by atoms with Crippen molar-refractivity contribution in [3.8, 4) is 0 Å². The predicted octanol–water partition coefficient (Wildman–Crippen LogP) is 2.39. The van der Waals surface area contributed by atoms with Crippen LogP contribution in [0.1, 0.15) is 5.56 Å². The zero-order valence-corrected chi connectivity index (χ0v) is 14.1. The summed E-state index contributed by atoms with van der Waals surface area (Å²) in [4.78, 5) is 31.5. The first-order chi connectivity index (χ1) is 13.1. The molecule has 0 aliphatic carbocycles. The normalized spacial score (nSPS) is 12.1. The molecule has 2 rings (SSSR count). The van der Waals surface area contributed by atoms with Crippen molar-refractivity contribution in [1.29, 1.82) is 0 Å². The fraction of sp³-hybridized carbons (Fsp3) is 0.267. The van der Waals surface area contributed by atoms with Crippen LogP contribution >= 0.6 is 0 Å². The van der Waals surface area contributed by atoms with Gasteiger partial charge in [0.05, 0.1) is 0 Å². The molecule has 29 heavy (non-hydrogen) atoms. The second kappa shape index (κ2) is 10.3. The molecule has 6 N–H and O–H groups in total. The zero-order valence-electron chi connectivity index (χ0n) is 14.1. The lowest BCUT2D eigenvalue weighted by Crippen LogP contribution is -2.32. The van der Waals surface area contributed by atoms with E-state index >= 15 is 0 Å². The van der Waals surface area contributed by atoms with Crippen LogP contribution in [0.5, 0.6) is 0 Å². The van der Waals surface area contributed by atoms with Gasteiger partial charge in [0, 0.05) is 23.5 Å². The summed E-state index contributed by atoms with van der Waals surface area (Å²) in [5.41, 5.74) is 7.43. The lowest BCUT2D eigenvalue weighted by Gasteiger charge is -2.04. The van der Waals surface area contributed by atoms with Crippen LogP contribution in [0.2, 0.25) is 0 Å². The molecule has 1 atom stereocenters. The summed E-state index contributed by atoms with van der Waals surface area (Å²) in [7, 11) is 0. The Labute approximate surface area is 157 Å². The first kappa shape index (κ1) is 25.7. The summed E-state index contributed by atoms with van der Waals surface area (Å²) >= 11 is 0. The maximum atomic E-state index is 10.6. The van der Waals surface area contributed by atoms with Crippen LogP contribution in [0.3, 0.4) is 0 Å². The van der Waals surface area contributed by atoms with E-state index in [0.29, 0.717) is 6.42 Å². The highest BCUT2D eigenvalue weighted by Crippen LogP contribution is 2.18. The molecule has 0 saturated heterocycles. The summed E-state index contributed by atoms with van der Waals surface area (Å²) in [6.07, 6.45) is -8.01. The van der Waals surface area contributed by atoms with E-state index < -0.39 is 36.3 Å². The topological polar surface area (TPSA) is 154 Å². The predicted molar refractivity (Wildman–Crippen MR) is 85.0 cm³/mol. The number of aromatic nitrogens is 1. The minimum absolute atomic E-state index is 0.347. The number of aliphatic carboxylic acids is 3. The molecular weight excluding hydrogens is 418 g/mol. The maximum absolute atomic E-state index is 10.6. The number of hydrogen-bond acceptors (Lipinski definition) is 4. The lowest BCUT2D eigenvalue weighted by molar-refractivity contribution is -0.193. The number of H-pyrrole nitrogens is 1. The number of carboxylic acids is 3. The lowest BCUT2D eigenvalue weighted by atomic mass is 10.1. The van der Waals surface area contributed by atoms with E-state index in [2.05, 4.69) is 4.98 Å². The van der Waals surface area contributed by atoms with Crippen LogP contribution < -0.4 is 5.73 Å². The molecule has 1 aromatic carbocycles. The number of carboxylic acid groups (broad SMARTS) is 3. The number of nitrogens with two attached hydrogens (primary N) is 1. The van der Waals surface area contributed by atoms with Crippen LogP contribution in [0.4, 0.5) is 26.3 Å². The Kier molecular flexibility index (Phi) is 9.14. The van der Waals surface area contributed by atoms with Gasteiger partial charge in [-0.1, -0.05) is 18.2 Å². The van der Waals surface area contributed by atoms with Gasteiger partial charge in [0.15, 0.2) is 0 Å². The largest absolute Gasteiger partial charge is 0.490 e. The highest BCUT2D eigenvalue weighted by Gasteiger charge is 2.38. The average Bonchev–Trinajstić information content (AvgIpc) is 2.97. The van der Waals surface area contributed by atoms with Gasteiger partial charge in [0.1, 0.15) is 6.04 Å². The monoisotopic (exact) mass is 432 g/mol. The standard InChI is InChI=1S/C11H12N2O2.2C2HF3O2/c12-9(11(14)15)5-7-6-13-10-4-2-1-3-8(7)10;2*3-2(4,5)1(6)7/h1-4,6,9,13H,5,12H2,(H,14,15);2*(H,6,7)/t9-;;/m0../s1. The van der Waals surface area contributed by atoms with Crippen LogP contribution in [0.25, 0.3) is 10.9 Å². The van der Waals surface area contributed by atoms with Crippen LogP contribution in [0.15, 0.2) is 30.5 Å². The van der Waals surface area contributed by atoms with Gasteiger partial charge in [-0.3, -0.25) is 4.79 Å². The smallest absolute Gasteiger partial charge is 0.480 e. The van der Waals surface area contributed by atoms with Crippen molar-refractivity contribution in [2.24, 2.45) is 5.73 Å². The van der Waals surface area contributed by atoms with E-state index in [1.54, 1.807) is 0 Å². The summed E-state index contributed by atoms with van der Waals surface area (Å²) in [5.74, 6) is -6.49. The molecule has 14 heteroatoms. The van der Waals surface area contributed by atoms with Gasteiger partial charge in [-0.2, -0.15) is 26.3 Å². The fourth-order valence-corrected chi connectivity index (χ4v) is 1.62. The van der Waals surface area contributed by atoms with Gasteiger partial charge >= 0.3 is 30.3 Å². The minimum Gasteiger partial charge on any atom is -0.480 e. The van der Waals surface area contributed by atoms with E-state index in [9.17, 15) is 31.1 Å². The third kappa shape index (κ3) is 9.46. The molecule has 1 aromatic heterocycles. The maximum Gasteiger partial charge on any atom is 0.490 e. The Morgan fingerprint density at radius 2 is 1.34 bits per heavy atom. The molecule has 0 radical (unpaired) electrons. The van der Waals surface area contributed by atoms with Gasteiger partial charge < -0.3 is 26.0 Å². The number of halogens is 6. The Bertz CT molecular complexity index is 822. The molecule has 0 bridgehead atoms. The van der Waals surface area contributed by atoms with E-state index in [4.69, 9.17) is 30.6 Å². The van der Waals surface area contributed by atoms with Crippen molar-refractivity contribution < 1.29 is 56.0 Å². The SMILES string of the molecule is N[C@@H](Cc1c[nH]c2ccccc12)C(=O)O.O=C(O)C(F)(F)F.O=C(O)C(F)(F)F. The molecule has 0 unspecified atom stereocenters. The van der Waals surface area contributed by atoms with E-state index in [1.807, 2.05) is 30.5 Å². The highest BCUT2D eigenvalue weighted by atomic mass is 19.4. The first-order valence-electron chi connectivity index (χ1n) is 7.21. The molecule has 0 fully saturated rings. The number of rotatable bonds is 3. The third-order valence-electron chi connectivity index (χ3n) is 2.92. The minimum atomic E-state index is -5.08. The first-order valence-corrected chi connectivity index (χ1v) is 7.21. The summed E-state index contributed by atoms with van der Waals surface area (Å²) < 4.78 is 63.5. The molecule has 1 heterocycles. The van der Waals surface area contributed by atoms with E-state index in [0.717, 1.165) is 16.5 Å². The van der Waals surface area contributed by atoms with E-state index in [-0.39, 0.29) is 0 Å². The third-order valence-corrected chi connectivity index (χ3v) is 2.92. The average molecular weight is 432 g/mol. The Morgan fingerprint density at radius 1 is 0.931 bits per heavy atom. The van der Waals surface area contributed by atoms with Crippen molar-refractivity contribution in [1.82, 2.24) is 4.98 Å². The number of aromatic amines is 1. The van der Waals surface area contributed by atoms with Crippen LogP contribution in [-0.2, 0) is 20.8 Å². The quantitative estimate of drug-likeness (QED) is 0.467. The summed E-state index contributed by atoms with van der Waals surface area (Å²) in [6, 6.07) is 6.91. The number of fused-ring (bicyclic) bond motifs is 1. The fourth-order valence-electron chi connectivity index (χ4n) is 1.62. The second-order valence-electron chi connectivity index (χ2n) is 5.11. The zero-order chi connectivity index (χ0) is 23.0. The van der Waals surface area contributed by atoms with Crippen molar-refractivity contribution in [3.05, 3.63) is 36.0 Å². The van der Waals surface area contributed by atoms with E-state index in [1.165, 1.54) is 0 Å². The molecule has 0 spiro atoms. The van der Waals surface area contributed by atoms with Crippen LogP contribution in [0, 0.1) is 0 Å². The molecule has 2 aromatic rings. The summed E-state index contributed by atoms with van der Waals surface area (Å²) in [5, 5.41) is 24.0. The van der Waals surface area contributed by atoms with Gasteiger partial charge in [-0.05, 0) is 11.6 Å². The molecule has 0 aliphatic heterocycles. The number of hydrogen-bond donors (Lipinski definition) is 5. The van der Waals surface area contributed by atoms with Crippen molar-refractivity contribution in [2.45, 2.75) is 24.8 Å². The van der Waals surface area contributed by atoms with Crippen LogP contribution in [-0.4, -0.2) is 56.6 Å². The second-order valence-corrected chi connectivity index (χ2v) is 5.11. The molecule has 0 aliphatic rings. The number of alkyl halides is 6. The Morgan fingerprint density at radius 3 is 1.72 bits per heavy atom. The van der Waals surface area contributed by atoms with Crippen molar-refractivity contribution in [2.75, 3.05) is 0 Å². The van der Waals surface area contributed by atoms with Gasteiger partial charge in [0.2, 0.25) is 0 Å². The van der Waals surface area contributed by atoms with Crippen molar-refractivity contribution in [3.63, 3.8) is 0 Å². The van der Waals surface area contributed by atoms with Gasteiger partial charge in [0.25, 0.3) is 0 Å². The highest BCUT2D eigenvalue weighted by molar-refractivity contribution is 5.84. The Balaban J connectivity index is 0.000000473. The number of benzene rings is 1. The Hall–Kier alpha value is -3.29. The van der Waals surface area contributed by atoms with Gasteiger partial charge in [-0.25, -0.2) is 9.59 Å². The molecule has 162 valence electrons. The van der Waals surface area contributed by atoms with Gasteiger partial charge in [-0.15, -0.1) is 0 Å².